The van der Waals surface area contributed by atoms with E-state index in [1.165, 1.54) is 23.5 Å². The van der Waals surface area contributed by atoms with Crippen LogP contribution in [0.4, 0.5) is 8.78 Å². The molecule has 5 rings (SSSR count). The standard InChI is InChI=1S/C29H33F2N3O3/c1-20-7-8-23(30)25(26(20)31)28(37)32-14-10-29(11-15-32)12-16-34(19-29)27(36)22-17-24(35)33(18-22)13-9-21-5-3-2-4-6-21/h2-8,22H,9-19H2,1H3. The fraction of sp³-hybridized carbons (Fsp3) is 0.483. The van der Waals surface area contributed by atoms with Gasteiger partial charge in [-0.3, -0.25) is 14.4 Å². The Morgan fingerprint density at radius 2 is 1.65 bits per heavy atom. The van der Waals surface area contributed by atoms with Gasteiger partial charge in [0, 0.05) is 45.7 Å². The van der Waals surface area contributed by atoms with Crippen LogP contribution in [0.1, 0.15) is 47.2 Å². The first-order valence-corrected chi connectivity index (χ1v) is 13.1. The van der Waals surface area contributed by atoms with Crippen LogP contribution in [-0.4, -0.2) is 71.7 Å². The van der Waals surface area contributed by atoms with Crippen LogP contribution in [0.3, 0.4) is 0 Å². The Labute approximate surface area is 216 Å². The van der Waals surface area contributed by atoms with Crippen LogP contribution in [0.15, 0.2) is 42.5 Å². The number of nitrogens with zero attached hydrogens (tertiary/aromatic N) is 3. The molecule has 8 heteroatoms. The third-order valence-electron chi connectivity index (χ3n) is 8.44. The number of hydrogen-bond donors (Lipinski definition) is 0. The van der Waals surface area contributed by atoms with E-state index in [0.29, 0.717) is 52.1 Å². The zero-order valence-corrected chi connectivity index (χ0v) is 21.2. The van der Waals surface area contributed by atoms with E-state index in [0.717, 1.165) is 18.9 Å². The van der Waals surface area contributed by atoms with Gasteiger partial charge in [-0.15, -0.1) is 0 Å². The minimum Gasteiger partial charge on any atom is -0.342 e. The number of carbonyl (C=O) groups excluding carboxylic acids is 3. The highest BCUT2D eigenvalue weighted by Crippen LogP contribution is 2.41. The molecular weight excluding hydrogens is 476 g/mol. The molecule has 3 saturated heterocycles. The molecule has 1 spiro atoms. The van der Waals surface area contributed by atoms with E-state index < -0.39 is 23.1 Å². The summed E-state index contributed by atoms with van der Waals surface area (Å²) < 4.78 is 28.7. The first-order valence-electron chi connectivity index (χ1n) is 13.1. The average molecular weight is 510 g/mol. The van der Waals surface area contributed by atoms with Crippen molar-refractivity contribution in [3.8, 4) is 0 Å². The summed E-state index contributed by atoms with van der Waals surface area (Å²) in [5, 5.41) is 0. The van der Waals surface area contributed by atoms with Crippen LogP contribution in [0.2, 0.25) is 0 Å². The van der Waals surface area contributed by atoms with Gasteiger partial charge in [0.25, 0.3) is 5.91 Å². The van der Waals surface area contributed by atoms with Gasteiger partial charge in [-0.05, 0) is 55.2 Å². The maximum Gasteiger partial charge on any atom is 0.259 e. The van der Waals surface area contributed by atoms with Crippen molar-refractivity contribution in [3.63, 3.8) is 0 Å². The zero-order valence-electron chi connectivity index (χ0n) is 21.2. The summed E-state index contributed by atoms with van der Waals surface area (Å²) in [6, 6.07) is 12.5. The summed E-state index contributed by atoms with van der Waals surface area (Å²) in [6.07, 6.45) is 3.24. The van der Waals surface area contributed by atoms with Crippen LogP contribution in [0, 0.1) is 29.9 Å². The number of rotatable bonds is 5. The second-order valence-electron chi connectivity index (χ2n) is 10.8. The van der Waals surface area contributed by atoms with Crippen molar-refractivity contribution >= 4 is 17.7 Å². The summed E-state index contributed by atoms with van der Waals surface area (Å²) in [6.45, 7) is 4.65. The Morgan fingerprint density at radius 1 is 0.973 bits per heavy atom. The molecule has 0 aliphatic carbocycles. The molecule has 0 bridgehead atoms. The Morgan fingerprint density at radius 3 is 2.35 bits per heavy atom. The number of piperidine rings is 1. The van der Waals surface area contributed by atoms with E-state index in [9.17, 15) is 23.2 Å². The van der Waals surface area contributed by atoms with Crippen molar-refractivity contribution in [2.75, 3.05) is 39.3 Å². The van der Waals surface area contributed by atoms with Gasteiger partial charge in [0.1, 0.15) is 17.2 Å². The van der Waals surface area contributed by atoms with Gasteiger partial charge < -0.3 is 14.7 Å². The molecule has 2 aromatic carbocycles. The topological polar surface area (TPSA) is 60.9 Å². The molecule has 1 atom stereocenters. The predicted molar refractivity (Wildman–Crippen MR) is 135 cm³/mol. The molecule has 1 unspecified atom stereocenters. The second-order valence-corrected chi connectivity index (χ2v) is 10.8. The molecule has 3 aliphatic heterocycles. The van der Waals surface area contributed by atoms with Crippen LogP contribution in [0.5, 0.6) is 0 Å². The van der Waals surface area contributed by atoms with Crippen molar-refractivity contribution < 1.29 is 23.2 Å². The Kier molecular flexibility index (Phi) is 7.01. The molecular formula is C29H33F2N3O3. The van der Waals surface area contributed by atoms with Gasteiger partial charge in [0.05, 0.1) is 5.92 Å². The van der Waals surface area contributed by atoms with Gasteiger partial charge in [-0.1, -0.05) is 36.4 Å². The summed E-state index contributed by atoms with van der Waals surface area (Å²) >= 11 is 0. The molecule has 3 fully saturated rings. The van der Waals surface area contributed by atoms with E-state index in [4.69, 9.17) is 0 Å². The Hall–Kier alpha value is -3.29. The summed E-state index contributed by atoms with van der Waals surface area (Å²) in [4.78, 5) is 44.0. The second kappa shape index (κ2) is 10.2. The molecule has 2 aromatic rings. The highest BCUT2D eigenvalue weighted by atomic mass is 19.1. The quantitative estimate of drug-likeness (QED) is 0.616. The minimum atomic E-state index is -0.838. The van der Waals surface area contributed by atoms with E-state index in [-0.39, 0.29) is 35.1 Å². The minimum absolute atomic E-state index is 0.0330. The van der Waals surface area contributed by atoms with E-state index >= 15 is 0 Å². The zero-order chi connectivity index (χ0) is 26.2. The highest BCUT2D eigenvalue weighted by Gasteiger charge is 2.45. The molecule has 3 heterocycles. The normalized spacial score (nSPS) is 21.2. The highest BCUT2D eigenvalue weighted by molar-refractivity contribution is 5.95. The fourth-order valence-corrected chi connectivity index (χ4v) is 6.05. The lowest BCUT2D eigenvalue weighted by atomic mass is 9.77. The summed E-state index contributed by atoms with van der Waals surface area (Å²) in [7, 11) is 0. The molecule has 3 amide bonds. The first-order chi connectivity index (χ1) is 17.8. The molecule has 196 valence electrons. The molecule has 0 radical (unpaired) electrons. The van der Waals surface area contributed by atoms with Gasteiger partial charge in [0.2, 0.25) is 11.8 Å². The number of hydrogen-bond acceptors (Lipinski definition) is 3. The Bertz CT molecular complexity index is 1190. The summed E-state index contributed by atoms with van der Waals surface area (Å²) in [5.41, 5.74) is 0.838. The van der Waals surface area contributed by atoms with E-state index in [1.807, 2.05) is 35.2 Å². The van der Waals surface area contributed by atoms with Crippen LogP contribution in [-0.2, 0) is 16.0 Å². The number of amides is 3. The average Bonchev–Trinajstić information content (AvgIpc) is 3.49. The molecule has 3 aliphatic rings. The maximum atomic E-state index is 14.5. The van der Waals surface area contributed by atoms with Crippen molar-refractivity contribution in [1.29, 1.82) is 0 Å². The number of likely N-dealkylation sites (tertiary alicyclic amines) is 3. The third-order valence-corrected chi connectivity index (χ3v) is 8.44. The first kappa shape index (κ1) is 25.4. The Balaban J connectivity index is 1.14. The number of carbonyl (C=O) groups is 3. The van der Waals surface area contributed by atoms with Crippen LogP contribution < -0.4 is 0 Å². The lowest BCUT2D eigenvalue weighted by Gasteiger charge is -2.39. The smallest absolute Gasteiger partial charge is 0.259 e. The van der Waals surface area contributed by atoms with Gasteiger partial charge in [0.15, 0.2) is 0 Å². The maximum absolute atomic E-state index is 14.5. The van der Waals surface area contributed by atoms with Crippen LogP contribution in [0.25, 0.3) is 0 Å². The van der Waals surface area contributed by atoms with Crippen LogP contribution >= 0.6 is 0 Å². The molecule has 0 N–H and O–H groups in total. The molecule has 0 aromatic heterocycles. The number of halogens is 2. The molecule has 37 heavy (non-hydrogen) atoms. The summed E-state index contributed by atoms with van der Waals surface area (Å²) in [5.74, 6) is -2.49. The van der Waals surface area contributed by atoms with Gasteiger partial charge in [-0.2, -0.15) is 0 Å². The fourth-order valence-electron chi connectivity index (χ4n) is 6.05. The number of benzene rings is 2. The molecule has 6 nitrogen and oxygen atoms in total. The van der Waals surface area contributed by atoms with Gasteiger partial charge >= 0.3 is 0 Å². The van der Waals surface area contributed by atoms with E-state index in [1.54, 1.807) is 4.90 Å². The molecule has 0 saturated carbocycles. The monoisotopic (exact) mass is 509 g/mol. The lowest BCUT2D eigenvalue weighted by molar-refractivity contribution is -0.135. The predicted octanol–water partition coefficient (Wildman–Crippen LogP) is 3.82. The van der Waals surface area contributed by atoms with E-state index in [2.05, 4.69) is 0 Å². The van der Waals surface area contributed by atoms with Crippen molar-refractivity contribution in [3.05, 3.63) is 70.8 Å². The SMILES string of the molecule is Cc1ccc(F)c(C(=O)N2CCC3(CC2)CCN(C(=O)C2CC(=O)N(CCc4ccccc4)C2)C3)c1F. The lowest BCUT2D eigenvalue weighted by Crippen LogP contribution is -2.45. The van der Waals surface area contributed by atoms with Crippen molar-refractivity contribution in [2.45, 2.75) is 39.0 Å². The number of aryl methyl sites for hydroxylation is 1. The third kappa shape index (κ3) is 5.11. The largest absolute Gasteiger partial charge is 0.342 e. The van der Waals surface area contributed by atoms with Gasteiger partial charge in [-0.25, -0.2) is 8.78 Å². The van der Waals surface area contributed by atoms with Crippen molar-refractivity contribution in [2.24, 2.45) is 11.3 Å². The van der Waals surface area contributed by atoms with Crippen molar-refractivity contribution in [1.82, 2.24) is 14.7 Å².